The van der Waals surface area contributed by atoms with E-state index in [2.05, 4.69) is 0 Å². The van der Waals surface area contributed by atoms with Crippen LogP contribution in [0.1, 0.15) is 29.5 Å². The largest absolute Gasteiger partial charge is 0.496 e. The Hall–Kier alpha value is -1.63. The molecule has 0 radical (unpaired) electrons. The highest BCUT2D eigenvalue weighted by Gasteiger charge is 2.34. The molecular weight excluding hydrogens is 224 g/mol. The number of hydrogen-bond acceptors (Lipinski definition) is 2. The predicted octanol–water partition coefficient (Wildman–Crippen LogP) is 3.71. The average molecular weight is 239 g/mol. The second-order valence-electron chi connectivity index (χ2n) is 4.00. The van der Waals surface area contributed by atoms with Crippen molar-refractivity contribution in [3.8, 4) is 11.8 Å². The molecule has 2 nitrogen and oxygen atoms in total. The number of aryl methyl sites for hydroxylation is 2. The van der Waals surface area contributed by atoms with E-state index in [0.717, 1.165) is 11.1 Å². The molecule has 1 aromatic rings. The van der Waals surface area contributed by atoms with Crippen LogP contribution >= 0.6 is 0 Å². The minimum absolute atomic E-state index is 0.140. The zero-order chi connectivity index (χ0) is 13.1. The van der Waals surface area contributed by atoms with Crippen LogP contribution in [0.4, 0.5) is 8.78 Å². The summed E-state index contributed by atoms with van der Waals surface area (Å²) < 4.78 is 32.7. The molecule has 0 aromatic heterocycles. The van der Waals surface area contributed by atoms with Crippen molar-refractivity contribution >= 4 is 0 Å². The van der Waals surface area contributed by atoms with Crippen LogP contribution in [0.15, 0.2) is 12.1 Å². The number of methoxy groups -OCH3 is 1. The predicted molar refractivity (Wildman–Crippen MR) is 61.2 cm³/mol. The van der Waals surface area contributed by atoms with Gasteiger partial charge in [-0.3, -0.25) is 0 Å². The first-order valence-corrected chi connectivity index (χ1v) is 5.33. The molecule has 0 aliphatic carbocycles. The molecule has 0 spiro atoms. The Kier molecular flexibility index (Phi) is 4.06. The van der Waals surface area contributed by atoms with E-state index >= 15 is 0 Å². The fraction of sp³-hybridized carbons (Fsp3) is 0.462. The molecule has 1 rings (SSSR count). The third-order valence-corrected chi connectivity index (χ3v) is 2.76. The molecule has 0 unspecified atom stereocenters. The third-order valence-electron chi connectivity index (χ3n) is 2.76. The van der Waals surface area contributed by atoms with Crippen molar-refractivity contribution in [1.29, 1.82) is 5.26 Å². The van der Waals surface area contributed by atoms with Gasteiger partial charge in [0, 0.05) is 12.8 Å². The van der Waals surface area contributed by atoms with Gasteiger partial charge in [-0.15, -0.1) is 0 Å². The first kappa shape index (κ1) is 13.4. The van der Waals surface area contributed by atoms with Gasteiger partial charge in [0.15, 0.2) is 0 Å². The molecule has 0 saturated heterocycles. The summed E-state index contributed by atoms with van der Waals surface area (Å²) in [5.74, 6) is -2.85. The lowest BCUT2D eigenvalue weighted by Crippen LogP contribution is -2.15. The minimum Gasteiger partial charge on any atom is -0.496 e. The van der Waals surface area contributed by atoms with Gasteiger partial charge in [0.1, 0.15) is 5.75 Å². The fourth-order valence-electron chi connectivity index (χ4n) is 1.59. The van der Waals surface area contributed by atoms with E-state index in [1.807, 2.05) is 6.92 Å². The van der Waals surface area contributed by atoms with Crippen LogP contribution < -0.4 is 4.74 Å². The molecule has 0 aliphatic rings. The Bertz CT molecular complexity index is 449. The van der Waals surface area contributed by atoms with Crippen molar-refractivity contribution in [3.05, 3.63) is 28.8 Å². The number of benzene rings is 1. The van der Waals surface area contributed by atoms with Crippen molar-refractivity contribution < 1.29 is 13.5 Å². The highest BCUT2D eigenvalue weighted by atomic mass is 19.3. The number of halogens is 2. The van der Waals surface area contributed by atoms with Gasteiger partial charge < -0.3 is 4.74 Å². The number of nitrogens with zero attached hydrogens (tertiary/aromatic N) is 1. The van der Waals surface area contributed by atoms with E-state index in [1.165, 1.54) is 13.2 Å². The molecule has 0 heterocycles. The summed E-state index contributed by atoms with van der Waals surface area (Å²) in [6, 6.07) is 4.77. The molecule has 17 heavy (non-hydrogen) atoms. The normalized spacial score (nSPS) is 11.1. The van der Waals surface area contributed by atoms with Crippen LogP contribution in [0.5, 0.6) is 5.75 Å². The average Bonchev–Trinajstić information content (AvgIpc) is 2.29. The number of rotatable bonds is 4. The van der Waals surface area contributed by atoms with Crippen molar-refractivity contribution in [1.82, 2.24) is 0 Å². The highest BCUT2D eigenvalue weighted by molar-refractivity contribution is 5.44. The lowest BCUT2D eigenvalue weighted by atomic mass is 9.98. The van der Waals surface area contributed by atoms with E-state index in [-0.39, 0.29) is 17.7 Å². The molecule has 0 bridgehead atoms. The number of alkyl halides is 2. The quantitative estimate of drug-likeness (QED) is 0.802. The molecule has 0 saturated carbocycles. The van der Waals surface area contributed by atoms with Crippen LogP contribution in [0.25, 0.3) is 0 Å². The Morgan fingerprint density at radius 1 is 1.29 bits per heavy atom. The molecule has 1 aromatic carbocycles. The fourth-order valence-corrected chi connectivity index (χ4v) is 1.59. The first-order chi connectivity index (χ1) is 7.92. The molecule has 0 amide bonds. The second-order valence-corrected chi connectivity index (χ2v) is 4.00. The highest BCUT2D eigenvalue weighted by Crippen LogP contribution is 2.39. The Labute approximate surface area is 99.8 Å². The monoisotopic (exact) mass is 239 g/mol. The van der Waals surface area contributed by atoms with E-state index in [0.29, 0.717) is 0 Å². The molecule has 0 aliphatic heterocycles. The van der Waals surface area contributed by atoms with E-state index < -0.39 is 12.3 Å². The zero-order valence-electron chi connectivity index (χ0n) is 10.2. The second kappa shape index (κ2) is 5.13. The first-order valence-electron chi connectivity index (χ1n) is 5.33. The van der Waals surface area contributed by atoms with Crippen LogP contribution in [0, 0.1) is 25.2 Å². The lowest BCUT2D eigenvalue weighted by molar-refractivity contribution is -0.0140. The summed E-state index contributed by atoms with van der Waals surface area (Å²) in [5, 5.41) is 8.39. The van der Waals surface area contributed by atoms with Gasteiger partial charge in [0.25, 0.3) is 5.92 Å². The van der Waals surface area contributed by atoms with Crippen LogP contribution in [0.2, 0.25) is 0 Å². The topological polar surface area (TPSA) is 33.0 Å². The van der Waals surface area contributed by atoms with Crippen molar-refractivity contribution in [2.24, 2.45) is 0 Å². The zero-order valence-corrected chi connectivity index (χ0v) is 10.2. The molecule has 4 heteroatoms. The molecule has 0 atom stereocenters. The number of ether oxygens (including phenoxy) is 1. The van der Waals surface area contributed by atoms with Crippen molar-refractivity contribution in [3.63, 3.8) is 0 Å². The molecule has 0 N–H and O–H groups in total. The van der Waals surface area contributed by atoms with Crippen molar-refractivity contribution in [2.75, 3.05) is 7.11 Å². The van der Waals surface area contributed by atoms with Gasteiger partial charge in [0.05, 0.1) is 18.7 Å². The molecular formula is C13H15F2NO. The summed E-state index contributed by atoms with van der Waals surface area (Å²) in [6.07, 6.45) is -0.661. The molecule has 0 fully saturated rings. The smallest absolute Gasteiger partial charge is 0.277 e. The Morgan fingerprint density at radius 3 is 2.41 bits per heavy atom. The van der Waals surface area contributed by atoms with Gasteiger partial charge >= 0.3 is 0 Å². The van der Waals surface area contributed by atoms with Gasteiger partial charge in [-0.1, -0.05) is 0 Å². The van der Waals surface area contributed by atoms with Gasteiger partial charge in [-0.25, -0.2) is 8.78 Å². The standard InChI is InChI=1S/C13H15F2NO/c1-9-7-11(12(17-3)8-10(9)2)13(14,15)5-4-6-16/h7-8H,4-5H2,1-3H3. The summed E-state index contributed by atoms with van der Waals surface area (Å²) in [4.78, 5) is 0. The van der Waals surface area contributed by atoms with Crippen LogP contribution in [-0.4, -0.2) is 7.11 Å². The summed E-state index contributed by atoms with van der Waals surface area (Å²) in [6.45, 7) is 3.62. The number of hydrogen-bond donors (Lipinski definition) is 0. The van der Waals surface area contributed by atoms with Gasteiger partial charge in [0.2, 0.25) is 0 Å². The van der Waals surface area contributed by atoms with E-state index in [4.69, 9.17) is 10.00 Å². The van der Waals surface area contributed by atoms with E-state index in [1.54, 1.807) is 19.1 Å². The van der Waals surface area contributed by atoms with Crippen LogP contribution in [-0.2, 0) is 5.92 Å². The SMILES string of the molecule is COc1cc(C)c(C)cc1C(F)(F)CCC#N. The maximum atomic E-state index is 13.9. The van der Waals surface area contributed by atoms with Crippen molar-refractivity contribution in [2.45, 2.75) is 32.6 Å². The Morgan fingerprint density at radius 2 is 1.88 bits per heavy atom. The summed E-state index contributed by atoms with van der Waals surface area (Å²) >= 11 is 0. The summed E-state index contributed by atoms with van der Waals surface area (Å²) in [7, 11) is 1.37. The lowest BCUT2D eigenvalue weighted by Gasteiger charge is -2.19. The molecule has 92 valence electrons. The van der Waals surface area contributed by atoms with E-state index in [9.17, 15) is 8.78 Å². The van der Waals surface area contributed by atoms with Gasteiger partial charge in [-0.05, 0) is 37.1 Å². The maximum absolute atomic E-state index is 13.9. The summed E-state index contributed by atoms with van der Waals surface area (Å²) in [5.41, 5.74) is 1.55. The van der Waals surface area contributed by atoms with Gasteiger partial charge in [-0.2, -0.15) is 5.26 Å². The third kappa shape index (κ3) is 2.94. The number of nitriles is 1. The maximum Gasteiger partial charge on any atom is 0.277 e. The van der Waals surface area contributed by atoms with Crippen LogP contribution in [0.3, 0.4) is 0 Å². The minimum atomic E-state index is -3.03. The Balaban J connectivity index is 3.20.